The average Bonchev–Trinajstić information content (AvgIpc) is 3.15. The molecule has 2 aromatic carbocycles. The van der Waals surface area contributed by atoms with E-state index in [-0.39, 0.29) is 17.2 Å². The fraction of sp³-hybridized carbons (Fsp3) is 0.182. The molecule has 0 saturated carbocycles. The molecular weight excluding hydrogens is 382 g/mol. The van der Waals surface area contributed by atoms with Crippen molar-refractivity contribution in [1.82, 2.24) is 25.1 Å². The van der Waals surface area contributed by atoms with Crippen LogP contribution in [0.1, 0.15) is 24.1 Å². The van der Waals surface area contributed by atoms with Gasteiger partial charge in [0.15, 0.2) is 5.65 Å². The van der Waals surface area contributed by atoms with Gasteiger partial charge in [0.1, 0.15) is 11.4 Å². The fourth-order valence-corrected chi connectivity index (χ4v) is 4.05. The van der Waals surface area contributed by atoms with Crippen LogP contribution in [0.15, 0.2) is 78.2 Å². The van der Waals surface area contributed by atoms with E-state index in [2.05, 4.69) is 20.4 Å². The molecule has 29 heavy (non-hydrogen) atoms. The normalized spacial score (nSPS) is 12.2. The lowest BCUT2D eigenvalue weighted by Crippen LogP contribution is -2.35. The van der Waals surface area contributed by atoms with Crippen molar-refractivity contribution in [2.45, 2.75) is 23.2 Å². The van der Waals surface area contributed by atoms with Crippen LogP contribution >= 0.6 is 11.8 Å². The second kappa shape index (κ2) is 8.45. The fourth-order valence-electron chi connectivity index (χ4n) is 3.17. The van der Waals surface area contributed by atoms with E-state index in [0.717, 1.165) is 27.2 Å². The average molecular weight is 404 g/mol. The molecule has 0 aliphatic carbocycles. The third-order valence-corrected chi connectivity index (χ3v) is 5.82. The van der Waals surface area contributed by atoms with E-state index in [0.29, 0.717) is 0 Å². The van der Waals surface area contributed by atoms with Crippen LogP contribution in [0.4, 0.5) is 0 Å². The summed E-state index contributed by atoms with van der Waals surface area (Å²) < 4.78 is 1.70. The Morgan fingerprint density at radius 3 is 2.24 bits per heavy atom. The summed E-state index contributed by atoms with van der Waals surface area (Å²) in [5.41, 5.74) is 2.84. The van der Waals surface area contributed by atoms with Crippen molar-refractivity contribution < 1.29 is 4.79 Å². The molecule has 1 amide bonds. The van der Waals surface area contributed by atoms with Crippen LogP contribution < -0.4 is 5.32 Å². The lowest BCUT2D eigenvalue weighted by Gasteiger charge is -2.22. The third-order valence-electron chi connectivity index (χ3n) is 4.70. The predicted octanol–water partition coefficient (Wildman–Crippen LogP) is 3.75. The van der Waals surface area contributed by atoms with Crippen molar-refractivity contribution in [3.8, 4) is 0 Å². The minimum Gasteiger partial charge on any atom is -0.344 e. The second-order valence-electron chi connectivity index (χ2n) is 6.71. The number of benzene rings is 2. The van der Waals surface area contributed by atoms with Gasteiger partial charge in [-0.05, 0) is 18.1 Å². The number of hydrogen-bond donors (Lipinski definition) is 1. The maximum absolute atomic E-state index is 13.0. The summed E-state index contributed by atoms with van der Waals surface area (Å²) in [5.74, 6) is -0.0524. The van der Waals surface area contributed by atoms with Gasteiger partial charge in [-0.15, -0.1) is 0 Å². The number of nitrogens with zero attached hydrogens (tertiary/aromatic N) is 4. The molecule has 1 N–H and O–H groups in total. The minimum atomic E-state index is -0.330. The Morgan fingerprint density at radius 1 is 1.00 bits per heavy atom. The Bertz CT molecular complexity index is 1070. The largest absolute Gasteiger partial charge is 0.344 e. The van der Waals surface area contributed by atoms with Gasteiger partial charge in [0.25, 0.3) is 0 Å². The van der Waals surface area contributed by atoms with E-state index < -0.39 is 0 Å². The number of thioether (sulfide) groups is 1. The molecule has 0 spiro atoms. The first-order valence-corrected chi connectivity index (χ1v) is 10.2. The molecule has 0 radical (unpaired) electrons. The van der Waals surface area contributed by atoms with E-state index >= 15 is 0 Å². The third kappa shape index (κ3) is 4.14. The molecule has 6 nitrogen and oxygen atoms in total. The van der Waals surface area contributed by atoms with Crippen LogP contribution in [-0.4, -0.2) is 30.9 Å². The topological polar surface area (TPSA) is 72.7 Å². The molecule has 0 aliphatic rings. The van der Waals surface area contributed by atoms with E-state index in [1.54, 1.807) is 10.9 Å². The zero-order chi connectivity index (χ0) is 20.2. The highest BCUT2D eigenvalue weighted by molar-refractivity contribution is 8.00. The van der Waals surface area contributed by atoms with Crippen molar-refractivity contribution in [2.75, 3.05) is 0 Å². The molecule has 4 aromatic rings. The molecule has 0 aliphatic heterocycles. The van der Waals surface area contributed by atoms with Crippen LogP contribution in [0.3, 0.4) is 0 Å². The van der Waals surface area contributed by atoms with Gasteiger partial charge in [-0.25, -0.2) is 9.97 Å². The summed E-state index contributed by atoms with van der Waals surface area (Å²) in [6.07, 6.45) is 3.24. The molecule has 1 unspecified atom stereocenters. The Hall–Kier alpha value is -3.19. The predicted molar refractivity (Wildman–Crippen MR) is 114 cm³/mol. The molecule has 2 aromatic heterocycles. The van der Waals surface area contributed by atoms with Crippen molar-refractivity contribution in [3.63, 3.8) is 0 Å². The number of fused-ring (bicyclic) bond motifs is 1. The highest BCUT2D eigenvalue weighted by Gasteiger charge is 2.22. The van der Waals surface area contributed by atoms with Gasteiger partial charge >= 0.3 is 0 Å². The Morgan fingerprint density at radius 2 is 1.62 bits per heavy atom. The van der Waals surface area contributed by atoms with Crippen molar-refractivity contribution in [1.29, 1.82) is 0 Å². The lowest BCUT2D eigenvalue weighted by molar-refractivity contribution is -0.120. The van der Waals surface area contributed by atoms with Gasteiger partial charge < -0.3 is 5.32 Å². The molecule has 0 bridgehead atoms. The number of aryl methyl sites for hydroxylation is 1. The monoisotopic (exact) mass is 403 g/mol. The van der Waals surface area contributed by atoms with E-state index in [1.165, 1.54) is 18.1 Å². The number of aromatic nitrogens is 4. The van der Waals surface area contributed by atoms with Gasteiger partial charge in [0, 0.05) is 7.05 Å². The van der Waals surface area contributed by atoms with Crippen LogP contribution in [0.2, 0.25) is 0 Å². The quantitative estimate of drug-likeness (QED) is 0.392. The number of nitrogens with one attached hydrogen (secondary N) is 1. The molecule has 146 valence electrons. The first-order chi connectivity index (χ1) is 14.1. The van der Waals surface area contributed by atoms with Crippen LogP contribution in [-0.2, 0) is 11.8 Å². The molecule has 1 atom stereocenters. The first kappa shape index (κ1) is 19.1. The zero-order valence-electron chi connectivity index (χ0n) is 16.2. The number of hydrogen-bond acceptors (Lipinski definition) is 5. The SMILES string of the molecule is CC(Sc1ncnc2c1cnn2C)C(=O)NC(c1ccccc1)c1ccccc1. The zero-order valence-corrected chi connectivity index (χ0v) is 17.0. The summed E-state index contributed by atoms with van der Waals surface area (Å²) in [6, 6.07) is 19.8. The summed E-state index contributed by atoms with van der Waals surface area (Å²) >= 11 is 1.41. The minimum absolute atomic E-state index is 0.0524. The Balaban J connectivity index is 1.55. The van der Waals surface area contributed by atoms with E-state index in [4.69, 9.17) is 0 Å². The van der Waals surface area contributed by atoms with Gasteiger partial charge in [-0.3, -0.25) is 9.48 Å². The molecule has 0 fully saturated rings. The summed E-state index contributed by atoms with van der Waals surface area (Å²) in [4.78, 5) is 21.7. The highest BCUT2D eigenvalue weighted by atomic mass is 32.2. The van der Waals surface area contributed by atoms with Crippen LogP contribution in [0, 0.1) is 0 Å². The van der Waals surface area contributed by atoms with Crippen LogP contribution in [0.5, 0.6) is 0 Å². The van der Waals surface area contributed by atoms with E-state index in [9.17, 15) is 4.79 Å². The Labute approximate surface area is 173 Å². The maximum Gasteiger partial charge on any atom is 0.234 e. The first-order valence-electron chi connectivity index (χ1n) is 9.33. The number of carbonyl (C=O) groups excluding carboxylic acids is 1. The summed E-state index contributed by atoms with van der Waals surface area (Å²) in [7, 11) is 1.84. The van der Waals surface area contributed by atoms with Crippen molar-refractivity contribution >= 4 is 28.7 Å². The number of rotatable bonds is 6. The van der Waals surface area contributed by atoms with Gasteiger partial charge in [0.05, 0.1) is 22.9 Å². The summed E-state index contributed by atoms with van der Waals surface area (Å²) in [6.45, 7) is 1.89. The standard InChI is InChI=1S/C22H21N5OS/c1-15(29-22-18-13-25-27(2)20(18)23-14-24-22)21(28)26-19(16-9-5-3-6-10-16)17-11-7-4-8-12-17/h3-15,19H,1-2H3,(H,26,28). The number of amides is 1. The second-order valence-corrected chi connectivity index (χ2v) is 8.04. The highest BCUT2D eigenvalue weighted by Crippen LogP contribution is 2.29. The van der Waals surface area contributed by atoms with Gasteiger partial charge in [-0.1, -0.05) is 72.4 Å². The molecule has 4 rings (SSSR count). The molecule has 0 saturated heterocycles. The summed E-state index contributed by atoms with van der Waals surface area (Å²) in [5, 5.41) is 8.71. The molecule has 2 heterocycles. The van der Waals surface area contributed by atoms with Crippen molar-refractivity contribution in [3.05, 3.63) is 84.3 Å². The number of carbonyl (C=O) groups is 1. The Kier molecular flexibility index (Phi) is 5.57. The molecule has 7 heteroatoms. The van der Waals surface area contributed by atoms with Gasteiger partial charge in [-0.2, -0.15) is 5.10 Å². The van der Waals surface area contributed by atoms with E-state index in [1.807, 2.05) is 74.6 Å². The smallest absolute Gasteiger partial charge is 0.234 e. The molecular formula is C22H21N5OS. The van der Waals surface area contributed by atoms with Gasteiger partial charge in [0.2, 0.25) is 5.91 Å². The maximum atomic E-state index is 13.0. The van der Waals surface area contributed by atoms with Crippen LogP contribution in [0.25, 0.3) is 11.0 Å². The lowest BCUT2D eigenvalue weighted by atomic mass is 9.98. The van der Waals surface area contributed by atoms with Crippen molar-refractivity contribution in [2.24, 2.45) is 7.05 Å².